The Morgan fingerprint density at radius 2 is 1.47 bits per heavy atom. The van der Waals surface area contributed by atoms with Crippen molar-refractivity contribution in [2.75, 3.05) is 26.6 Å². The number of ether oxygens (including phenoxy) is 3. The van der Waals surface area contributed by atoms with Crippen LogP contribution < -0.4 is 14.8 Å². The van der Waals surface area contributed by atoms with Crippen molar-refractivity contribution in [1.29, 1.82) is 0 Å². The summed E-state index contributed by atoms with van der Waals surface area (Å²) in [6.45, 7) is 0. The summed E-state index contributed by atoms with van der Waals surface area (Å²) < 4.78 is 43.3. The first-order chi connectivity index (χ1) is 18.1. The molecular formula is C26H25ClN2O8S. The van der Waals surface area contributed by atoms with Gasteiger partial charge in [-0.3, -0.25) is 4.79 Å². The van der Waals surface area contributed by atoms with Crippen LogP contribution in [0.3, 0.4) is 0 Å². The van der Waals surface area contributed by atoms with E-state index in [1.165, 1.54) is 57.7 Å². The molecule has 0 saturated heterocycles. The Kier molecular flexibility index (Phi) is 9.45. The number of methoxy groups -OCH3 is 3. The van der Waals surface area contributed by atoms with Gasteiger partial charge in [-0.2, -0.15) is 4.72 Å². The van der Waals surface area contributed by atoms with Gasteiger partial charge in [-0.25, -0.2) is 18.0 Å². The Bertz CT molecular complexity index is 1410. The zero-order valence-corrected chi connectivity index (χ0v) is 22.3. The minimum atomic E-state index is -4.21. The second-order valence-corrected chi connectivity index (χ2v) is 10.1. The molecule has 0 saturated carbocycles. The largest absolute Gasteiger partial charge is 0.495 e. The van der Waals surface area contributed by atoms with E-state index in [0.717, 1.165) is 0 Å². The monoisotopic (exact) mass is 560 g/mol. The summed E-state index contributed by atoms with van der Waals surface area (Å²) in [4.78, 5) is 37.4. The Morgan fingerprint density at radius 1 is 0.868 bits per heavy atom. The van der Waals surface area contributed by atoms with E-state index >= 15 is 0 Å². The van der Waals surface area contributed by atoms with Gasteiger partial charge in [-0.15, -0.1) is 0 Å². The smallest absolute Gasteiger partial charge is 0.337 e. The van der Waals surface area contributed by atoms with E-state index in [9.17, 15) is 22.8 Å². The molecule has 38 heavy (non-hydrogen) atoms. The standard InChI is InChI=1S/C26H25ClN2O8S/c1-35-23-10-9-20(15-21(23)27)38(33,34)29-22(11-16-7-5-4-6-8-16)24(30)28-19-13-17(25(31)36-2)12-18(14-19)26(32)37-3/h4-10,12-15,22,29H,11H2,1-3H3,(H,28,30)/t22-/m0/s1. The van der Waals surface area contributed by atoms with Crippen molar-refractivity contribution in [2.24, 2.45) is 0 Å². The summed E-state index contributed by atoms with van der Waals surface area (Å²) in [5.74, 6) is -1.95. The highest BCUT2D eigenvalue weighted by atomic mass is 35.5. The van der Waals surface area contributed by atoms with Crippen LogP contribution >= 0.6 is 11.6 Å². The highest BCUT2D eigenvalue weighted by molar-refractivity contribution is 7.89. The number of nitrogens with one attached hydrogen (secondary N) is 2. The molecule has 1 amide bonds. The average Bonchev–Trinajstić information content (AvgIpc) is 2.91. The molecule has 10 nitrogen and oxygen atoms in total. The first kappa shape index (κ1) is 28.6. The normalized spacial score (nSPS) is 11.8. The van der Waals surface area contributed by atoms with Crippen LogP contribution in [0.2, 0.25) is 5.02 Å². The third-order valence-corrected chi connectivity index (χ3v) is 7.14. The van der Waals surface area contributed by atoms with Crippen molar-refractivity contribution >= 4 is 45.2 Å². The van der Waals surface area contributed by atoms with Crippen molar-refractivity contribution in [3.63, 3.8) is 0 Å². The molecule has 2 N–H and O–H groups in total. The molecule has 0 bridgehead atoms. The molecular weight excluding hydrogens is 536 g/mol. The lowest BCUT2D eigenvalue weighted by Gasteiger charge is -2.19. The fourth-order valence-corrected chi connectivity index (χ4v) is 5.05. The summed E-state index contributed by atoms with van der Waals surface area (Å²) in [6.07, 6.45) is -0.00363. The van der Waals surface area contributed by atoms with Crippen LogP contribution in [0.5, 0.6) is 5.75 Å². The molecule has 0 unspecified atom stereocenters. The molecule has 0 spiro atoms. The maximum atomic E-state index is 13.4. The number of halogens is 1. The number of carbonyl (C=O) groups excluding carboxylic acids is 3. The Labute approximate surface area is 224 Å². The van der Waals surface area contributed by atoms with Crippen molar-refractivity contribution in [3.8, 4) is 5.75 Å². The molecule has 12 heteroatoms. The maximum Gasteiger partial charge on any atom is 0.337 e. The topological polar surface area (TPSA) is 137 Å². The number of esters is 2. The number of sulfonamides is 1. The Morgan fingerprint density at radius 3 is 2.00 bits per heavy atom. The lowest BCUT2D eigenvalue weighted by molar-refractivity contribution is -0.117. The van der Waals surface area contributed by atoms with Gasteiger partial charge in [-0.1, -0.05) is 41.9 Å². The van der Waals surface area contributed by atoms with Crippen molar-refractivity contribution in [1.82, 2.24) is 4.72 Å². The molecule has 3 rings (SSSR count). The molecule has 3 aromatic rings. The average molecular weight is 561 g/mol. The molecule has 200 valence electrons. The van der Waals surface area contributed by atoms with Crippen molar-refractivity contribution in [3.05, 3.63) is 88.4 Å². The number of anilines is 1. The maximum absolute atomic E-state index is 13.4. The predicted octanol–water partition coefficient (Wildman–Crippen LogP) is 3.45. The van der Waals surface area contributed by atoms with Crippen LogP contribution in [0.25, 0.3) is 0 Å². The fourth-order valence-electron chi connectivity index (χ4n) is 3.51. The zero-order chi connectivity index (χ0) is 27.9. The van der Waals surface area contributed by atoms with Gasteiger partial charge in [0.05, 0.1) is 42.4 Å². The van der Waals surface area contributed by atoms with Gasteiger partial charge < -0.3 is 19.5 Å². The number of hydrogen-bond donors (Lipinski definition) is 2. The number of carbonyl (C=O) groups is 3. The van der Waals surface area contributed by atoms with Crippen LogP contribution in [0, 0.1) is 0 Å². The van der Waals surface area contributed by atoms with Crippen molar-refractivity contribution < 1.29 is 37.0 Å². The van der Waals surface area contributed by atoms with Gasteiger partial charge >= 0.3 is 11.9 Å². The third-order valence-electron chi connectivity index (χ3n) is 5.37. The van der Waals surface area contributed by atoms with Gasteiger partial charge in [0.15, 0.2) is 0 Å². The van der Waals surface area contributed by atoms with E-state index in [1.54, 1.807) is 30.3 Å². The lowest BCUT2D eigenvalue weighted by atomic mass is 10.1. The van der Waals surface area contributed by atoms with Crippen molar-refractivity contribution in [2.45, 2.75) is 17.4 Å². The summed E-state index contributed by atoms with van der Waals surface area (Å²) >= 11 is 6.10. The second kappa shape index (κ2) is 12.5. The van der Waals surface area contributed by atoms with E-state index in [0.29, 0.717) is 5.56 Å². The summed E-state index contributed by atoms with van der Waals surface area (Å²) in [5, 5.41) is 2.66. The number of amides is 1. The Hall–Kier alpha value is -3.93. The lowest BCUT2D eigenvalue weighted by Crippen LogP contribution is -2.45. The first-order valence-electron chi connectivity index (χ1n) is 11.1. The highest BCUT2D eigenvalue weighted by Gasteiger charge is 2.27. The van der Waals surface area contributed by atoms with Gasteiger partial charge in [-0.05, 0) is 48.4 Å². The van der Waals surface area contributed by atoms with E-state index in [2.05, 4.69) is 10.0 Å². The van der Waals surface area contributed by atoms with Crippen LogP contribution in [0.1, 0.15) is 26.3 Å². The number of rotatable bonds is 10. The van der Waals surface area contributed by atoms with Gasteiger partial charge in [0.1, 0.15) is 11.8 Å². The van der Waals surface area contributed by atoms with Gasteiger partial charge in [0.25, 0.3) is 0 Å². The summed E-state index contributed by atoms with van der Waals surface area (Å²) in [6, 6.07) is 15.3. The molecule has 0 aliphatic heterocycles. The van der Waals surface area contributed by atoms with Crippen LogP contribution in [0.4, 0.5) is 5.69 Å². The number of hydrogen-bond acceptors (Lipinski definition) is 8. The summed E-state index contributed by atoms with van der Waals surface area (Å²) in [5.41, 5.74) is 0.710. The minimum absolute atomic E-state index is 0.00363. The van der Waals surface area contributed by atoms with E-state index < -0.39 is 33.9 Å². The fraction of sp³-hybridized carbons (Fsp3) is 0.192. The predicted molar refractivity (Wildman–Crippen MR) is 140 cm³/mol. The first-order valence-corrected chi connectivity index (χ1v) is 13.0. The van der Waals surface area contributed by atoms with Crippen LogP contribution in [0.15, 0.2) is 71.6 Å². The molecule has 1 atom stereocenters. The highest BCUT2D eigenvalue weighted by Crippen LogP contribution is 2.27. The minimum Gasteiger partial charge on any atom is -0.495 e. The molecule has 0 radical (unpaired) electrons. The molecule has 0 aliphatic carbocycles. The van der Waals surface area contributed by atoms with Crippen LogP contribution in [-0.4, -0.2) is 53.6 Å². The molecule has 0 aromatic heterocycles. The molecule has 0 fully saturated rings. The van der Waals surface area contributed by atoms with E-state index in [1.807, 2.05) is 0 Å². The zero-order valence-electron chi connectivity index (χ0n) is 20.7. The number of benzene rings is 3. The van der Waals surface area contributed by atoms with E-state index in [4.69, 9.17) is 25.8 Å². The van der Waals surface area contributed by atoms with E-state index in [-0.39, 0.29) is 38.9 Å². The quantitative estimate of drug-likeness (QED) is 0.360. The molecule has 3 aromatic carbocycles. The van der Waals surface area contributed by atoms with Gasteiger partial charge in [0.2, 0.25) is 15.9 Å². The summed E-state index contributed by atoms with van der Waals surface area (Å²) in [7, 11) is -0.481. The SMILES string of the molecule is COC(=O)c1cc(NC(=O)[C@H](Cc2ccccc2)NS(=O)(=O)c2ccc(OC)c(Cl)c2)cc(C(=O)OC)c1. The second-order valence-electron chi connectivity index (χ2n) is 7.93. The Balaban J connectivity index is 1.96. The van der Waals surface area contributed by atoms with Crippen LogP contribution in [-0.2, 0) is 30.7 Å². The van der Waals surface area contributed by atoms with Gasteiger partial charge in [0, 0.05) is 5.69 Å². The molecule has 0 heterocycles. The molecule has 0 aliphatic rings. The third kappa shape index (κ3) is 7.09.